The smallest absolute Gasteiger partial charge is 0.277 e. The largest absolute Gasteiger partial charge is 0.398 e. The first-order chi connectivity index (χ1) is 14.2. The van der Waals surface area contributed by atoms with Crippen LogP contribution in [0.4, 0.5) is 5.69 Å². The van der Waals surface area contributed by atoms with E-state index in [4.69, 9.17) is 10.9 Å². The number of amides is 1. The molecular weight excluding hydrogens is 364 g/mol. The van der Waals surface area contributed by atoms with Crippen LogP contribution in [0.15, 0.2) is 73.3 Å². The number of rotatable bonds is 2. The number of carbonyl (C=O) groups excluding carboxylic acids is 1. The zero-order chi connectivity index (χ0) is 20.2. The normalized spacial score (nSPS) is 10.2. The van der Waals surface area contributed by atoms with Crippen LogP contribution in [0, 0.1) is 11.8 Å². The number of nitrogen functional groups attached to an aromatic ring is 1. The molecule has 0 saturated heterocycles. The van der Waals surface area contributed by atoms with Gasteiger partial charge in [0.1, 0.15) is 0 Å². The number of benzene rings is 2. The molecule has 29 heavy (non-hydrogen) atoms. The van der Waals surface area contributed by atoms with Gasteiger partial charge in [0.25, 0.3) is 5.91 Å². The van der Waals surface area contributed by atoms with Crippen LogP contribution >= 0.6 is 0 Å². The summed E-state index contributed by atoms with van der Waals surface area (Å²) >= 11 is 0. The molecule has 4 aromatic rings. The Morgan fingerprint density at radius 2 is 1.72 bits per heavy atom. The highest BCUT2D eigenvalue weighted by molar-refractivity contribution is 6.14. The highest BCUT2D eigenvalue weighted by Crippen LogP contribution is 2.34. The van der Waals surface area contributed by atoms with E-state index in [2.05, 4.69) is 21.8 Å². The van der Waals surface area contributed by atoms with E-state index in [1.165, 1.54) is 0 Å². The molecule has 2 heterocycles. The van der Waals surface area contributed by atoms with Crippen LogP contribution in [-0.4, -0.2) is 21.1 Å². The van der Waals surface area contributed by atoms with Crippen molar-refractivity contribution < 1.29 is 10.0 Å². The Kier molecular flexibility index (Phi) is 4.89. The third-order valence-electron chi connectivity index (χ3n) is 4.52. The van der Waals surface area contributed by atoms with E-state index in [1.807, 2.05) is 42.5 Å². The minimum Gasteiger partial charge on any atom is -0.398 e. The van der Waals surface area contributed by atoms with E-state index < -0.39 is 5.91 Å². The fraction of sp³-hybridized carbons (Fsp3) is 0. The van der Waals surface area contributed by atoms with E-state index in [1.54, 1.807) is 36.3 Å². The average molecular weight is 380 g/mol. The third kappa shape index (κ3) is 3.63. The summed E-state index contributed by atoms with van der Waals surface area (Å²) in [6.07, 6.45) is 6.60. The second kappa shape index (κ2) is 7.80. The molecule has 140 valence electrons. The van der Waals surface area contributed by atoms with E-state index in [0.29, 0.717) is 10.9 Å². The Hall–Kier alpha value is -4.21. The lowest BCUT2D eigenvalue weighted by atomic mass is 9.94. The summed E-state index contributed by atoms with van der Waals surface area (Å²) in [4.78, 5) is 20.3. The van der Waals surface area contributed by atoms with Crippen molar-refractivity contribution in [3.8, 4) is 23.0 Å². The third-order valence-corrected chi connectivity index (χ3v) is 4.52. The molecule has 6 nitrogen and oxygen atoms in total. The molecule has 2 aromatic heterocycles. The van der Waals surface area contributed by atoms with Crippen LogP contribution in [0.3, 0.4) is 0 Å². The molecule has 0 unspecified atom stereocenters. The second-order valence-corrected chi connectivity index (χ2v) is 6.32. The molecule has 0 aliphatic rings. The number of carbonyl (C=O) groups is 1. The summed E-state index contributed by atoms with van der Waals surface area (Å²) in [6.45, 7) is 0. The number of aromatic nitrogens is 2. The second-order valence-electron chi connectivity index (χ2n) is 6.32. The number of hydrogen-bond donors (Lipinski definition) is 3. The standard InChI is InChI=1S/C23H16N4O2/c24-22-19(12-18-9-11-26-14-20(18)21(22)23(28)27-29)17-7-5-15(6-8-17)3-4-16-2-1-10-25-13-16/h1-2,5-14,29H,24H2,(H,27,28). The first-order valence-corrected chi connectivity index (χ1v) is 8.80. The monoisotopic (exact) mass is 380 g/mol. The topological polar surface area (TPSA) is 101 Å². The molecule has 4 rings (SSSR count). The Balaban J connectivity index is 1.76. The van der Waals surface area contributed by atoms with Gasteiger partial charge in [-0.1, -0.05) is 24.0 Å². The molecule has 1 amide bonds. The fourth-order valence-electron chi connectivity index (χ4n) is 3.11. The van der Waals surface area contributed by atoms with Crippen LogP contribution in [-0.2, 0) is 0 Å². The molecular formula is C23H16N4O2. The zero-order valence-corrected chi connectivity index (χ0v) is 15.3. The molecule has 6 heteroatoms. The number of nitrogens with two attached hydrogens (primary N) is 1. The molecule has 0 fully saturated rings. The summed E-state index contributed by atoms with van der Waals surface area (Å²) in [5, 5.41) is 10.5. The summed E-state index contributed by atoms with van der Waals surface area (Å²) in [5.74, 6) is 5.48. The molecule has 2 aromatic carbocycles. The lowest BCUT2D eigenvalue weighted by Gasteiger charge is -2.14. The molecule has 0 bridgehead atoms. The van der Waals surface area contributed by atoms with Crippen molar-refractivity contribution >= 4 is 22.4 Å². The summed E-state index contributed by atoms with van der Waals surface area (Å²) in [7, 11) is 0. The molecule has 0 aliphatic heterocycles. The highest BCUT2D eigenvalue weighted by Gasteiger charge is 2.18. The molecule has 0 spiro atoms. The van der Waals surface area contributed by atoms with Gasteiger partial charge in [-0.15, -0.1) is 0 Å². The predicted molar refractivity (Wildman–Crippen MR) is 111 cm³/mol. The van der Waals surface area contributed by atoms with E-state index in [-0.39, 0.29) is 11.3 Å². The maximum atomic E-state index is 12.2. The van der Waals surface area contributed by atoms with Crippen molar-refractivity contribution in [1.82, 2.24) is 15.4 Å². The molecule has 0 atom stereocenters. The van der Waals surface area contributed by atoms with Gasteiger partial charge in [0.15, 0.2) is 0 Å². The molecule has 0 radical (unpaired) electrons. The van der Waals surface area contributed by atoms with Crippen molar-refractivity contribution in [1.29, 1.82) is 0 Å². The van der Waals surface area contributed by atoms with Crippen molar-refractivity contribution in [2.45, 2.75) is 0 Å². The van der Waals surface area contributed by atoms with Gasteiger partial charge in [0.2, 0.25) is 0 Å². The van der Waals surface area contributed by atoms with Crippen molar-refractivity contribution in [3.63, 3.8) is 0 Å². The van der Waals surface area contributed by atoms with Gasteiger partial charge in [-0.25, -0.2) is 5.48 Å². The number of anilines is 1. The van der Waals surface area contributed by atoms with E-state index in [0.717, 1.165) is 22.1 Å². The Bertz CT molecular complexity index is 1260. The predicted octanol–water partition coefficient (Wildman–Crippen LogP) is 3.40. The first kappa shape index (κ1) is 18.2. The van der Waals surface area contributed by atoms with E-state index in [9.17, 15) is 4.79 Å². The lowest BCUT2D eigenvalue weighted by molar-refractivity contribution is 0.0709. The van der Waals surface area contributed by atoms with Gasteiger partial charge in [-0.2, -0.15) is 0 Å². The number of hydrogen-bond acceptors (Lipinski definition) is 5. The van der Waals surface area contributed by atoms with Crippen molar-refractivity contribution in [3.05, 3.63) is 90.0 Å². The number of nitrogens with zero attached hydrogens (tertiary/aromatic N) is 2. The summed E-state index contributed by atoms with van der Waals surface area (Å²) in [6, 6.07) is 15.0. The zero-order valence-electron chi connectivity index (χ0n) is 15.3. The minimum atomic E-state index is -0.679. The number of hydroxylamine groups is 1. The van der Waals surface area contributed by atoms with Gasteiger partial charge in [-0.3, -0.25) is 20.0 Å². The Labute approximate surface area is 167 Å². The first-order valence-electron chi connectivity index (χ1n) is 8.80. The van der Waals surface area contributed by atoms with Gasteiger partial charge in [-0.05, 0) is 47.3 Å². The van der Waals surface area contributed by atoms with Crippen LogP contribution in [0.5, 0.6) is 0 Å². The van der Waals surface area contributed by atoms with Gasteiger partial charge in [0.05, 0.1) is 11.3 Å². The van der Waals surface area contributed by atoms with Gasteiger partial charge in [0, 0.05) is 46.9 Å². The Morgan fingerprint density at radius 1 is 0.966 bits per heavy atom. The van der Waals surface area contributed by atoms with E-state index >= 15 is 0 Å². The molecule has 4 N–H and O–H groups in total. The highest BCUT2D eigenvalue weighted by atomic mass is 16.5. The summed E-state index contributed by atoms with van der Waals surface area (Å²) < 4.78 is 0. The van der Waals surface area contributed by atoms with Crippen LogP contribution in [0.1, 0.15) is 21.5 Å². The lowest BCUT2D eigenvalue weighted by Crippen LogP contribution is -2.21. The molecule has 0 saturated carbocycles. The molecule has 0 aliphatic carbocycles. The van der Waals surface area contributed by atoms with Crippen LogP contribution in [0.2, 0.25) is 0 Å². The van der Waals surface area contributed by atoms with Crippen molar-refractivity contribution in [2.75, 3.05) is 5.73 Å². The SMILES string of the molecule is Nc1c(-c2ccc(C#Cc3cccnc3)cc2)cc2ccncc2c1C(=O)NO. The number of fused-ring (bicyclic) bond motifs is 1. The van der Waals surface area contributed by atoms with Gasteiger partial charge < -0.3 is 5.73 Å². The average Bonchev–Trinajstić information content (AvgIpc) is 2.78. The maximum Gasteiger partial charge on any atom is 0.277 e. The van der Waals surface area contributed by atoms with Crippen LogP contribution < -0.4 is 11.2 Å². The minimum absolute atomic E-state index is 0.188. The maximum absolute atomic E-state index is 12.2. The Morgan fingerprint density at radius 3 is 2.45 bits per heavy atom. The van der Waals surface area contributed by atoms with Crippen molar-refractivity contribution in [2.24, 2.45) is 0 Å². The van der Waals surface area contributed by atoms with Gasteiger partial charge >= 0.3 is 0 Å². The van der Waals surface area contributed by atoms with Crippen LogP contribution in [0.25, 0.3) is 21.9 Å². The fourth-order valence-corrected chi connectivity index (χ4v) is 3.11. The number of pyridine rings is 2. The quantitative estimate of drug-likeness (QED) is 0.214. The summed E-state index contributed by atoms with van der Waals surface area (Å²) in [5.41, 5.74) is 11.6. The number of nitrogens with one attached hydrogen (secondary N) is 1.